The van der Waals surface area contributed by atoms with Crippen molar-refractivity contribution in [3.05, 3.63) is 47.5 Å². The lowest BCUT2D eigenvalue weighted by atomic mass is 10.1. The number of anilines is 8. The Labute approximate surface area is 299 Å². The maximum absolute atomic E-state index is 12.4. The maximum Gasteiger partial charge on any atom is 0.233 e. The van der Waals surface area contributed by atoms with Crippen LogP contribution in [-0.2, 0) is 29.7 Å². The highest BCUT2D eigenvalue weighted by Gasteiger charge is 2.19. The van der Waals surface area contributed by atoms with Gasteiger partial charge < -0.3 is 49.6 Å². The van der Waals surface area contributed by atoms with Gasteiger partial charge in [-0.15, -0.1) is 0 Å². The van der Waals surface area contributed by atoms with E-state index in [-0.39, 0.29) is 46.3 Å². The zero-order valence-corrected chi connectivity index (χ0v) is 29.6. The maximum atomic E-state index is 12.4. The number of ether oxygens (including phenoxy) is 2. The Hall–Kier alpha value is -5.26. The standard InChI is InChI=1S/C30H36N12O8S2/c1-31-25-35-27(39-29(37-25)41-9-13-49-14-10-41)33-21-7-5-19(23(17-21)51(43,44)45)3-4-20-6-8-22(18-24(20)52(46,47)48)34-28-36-26(32-2)38-30(40-28)42-11-15-50-16-12-42/h3-8,17-18H,9-16H2,1-2H3,(H,43,44,45)(H,46,47,48)(H2,31,33,35,37,39)(H2,32,34,36,38,40)/p-2/b4-3+. The summed E-state index contributed by atoms with van der Waals surface area (Å²) in [5, 5.41) is 11.5. The summed E-state index contributed by atoms with van der Waals surface area (Å²) >= 11 is 0. The van der Waals surface area contributed by atoms with Crippen LogP contribution in [0.15, 0.2) is 46.2 Å². The number of morpholine rings is 2. The van der Waals surface area contributed by atoms with Crippen molar-refractivity contribution < 1.29 is 35.4 Å². The van der Waals surface area contributed by atoms with Crippen LogP contribution >= 0.6 is 0 Å². The van der Waals surface area contributed by atoms with Gasteiger partial charge in [0.25, 0.3) is 0 Å². The number of hydrogen-bond donors (Lipinski definition) is 4. The second kappa shape index (κ2) is 15.5. The zero-order chi connectivity index (χ0) is 36.9. The monoisotopic (exact) mass is 754 g/mol. The molecule has 20 nitrogen and oxygen atoms in total. The van der Waals surface area contributed by atoms with Crippen molar-refractivity contribution >= 4 is 79.5 Å². The van der Waals surface area contributed by atoms with Crippen molar-refractivity contribution in [2.75, 3.05) is 97.8 Å². The van der Waals surface area contributed by atoms with Crippen LogP contribution in [0.3, 0.4) is 0 Å². The molecule has 4 aromatic rings. The zero-order valence-electron chi connectivity index (χ0n) is 27.9. The predicted molar refractivity (Wildman–Crippen MR) is 189 cm³/mol. The fourth-order valence-electron chi connectivity index (χ4n) is 5.24. The molecule has 2 aromatic carbocycles. The smallest absolute Gasteiger partial charge is 0.233 e. The van der Waals surface area contributed by atoms with Crippen molar-refractivity contribution in [3.8, 4) is 0 Å². The molecule has 0 unspecified atom stereocenters. The first-order valence-electron chi connectivity index (χ1n) is 15.8. The normalized spacial score (nSPS) is 15.5. The molecule has 276 valence electrons. The van der Waals surface area contributed by atoms with E-state index in [4.69, 9.17) is 9.47 Å². The number of hydrogen-bond acceptors (Lipinski definition) is 20. The molecule has 0 saturated carbocycles. The summed E-state index contributed by atoms with van der Waals surface area (Å²) in [5.74, 6) is 1.45. The molecule has 0 amide bonds. The molecule has 2 saturated heterocycles. The van der Waals surface area contributed by atoms with Gasteiger partial charge in [0.1, 0.15) is 20.2 Å². The first-order valence-corrected chi connectivity index (χ1v) is 18.7. The second-order valence-electron chi connectivity index (χ2n) is 11.3. The van der Waals surface area contributed by atoms with Crippen LogP contribution in [0.25, 0.3) is 12.2 Å². The number of nitrogens with zero attached hydrogens (tertiary/aromatic N) is 8. The van der Waals surface area contributed by atoms with Crippen LogP contribution in [0.4, 0.5) is 47.1 Å². The molecule has 0 aliphatic carbocycles. The summed E-state index contributed by atoms with van der Waals surface area (Å²) < 4.78 is 85.0. The van der Waals surface area contributed by atoms with E-state index in [1.165, 1.54) is 36.4 Å². The quantitative estimate of drug-likeness (QED) is 0.117. The van der Waals surface area contributed by atoms with Gasteiger partial charge in [-0.25, -0.2) is 16.8 Å². The Morgan fingerprint density at radius 3 is 1.31 bits per heavy atom. The Balaban J connectivity index is 1.27. The van der Waals surface area contributed by atoms with E-state index >= 15 is 0 Å². The van der Waals surface area contributed by atoms with E-state index in [1.54, 1.807) is 14.1 Å². The Bertz CT molecular complexity index is 2030. The van der Waals surface area contributed by atoms with Gasteiger partial charge in [0, 0.05) is 51.6 Å². The van der Waals surface area contributed by atoms with Crippen LogP contribution in [0, 0.1) is 0 Å². The Kier molecular flexibility index (Phi) is 10.9. The molecule has 52 heavy (non-hydrogen) atoms. The molecule has 22 heteroatoms. The first kappa shape index (κ1) is 36.5. The molecule has 4 heterocycles. The fourth-order valence-corrected chi connectivity index (χ4v) is 6.64. The third-order valence-electron chi connectivity index (χ3n) is 7.80. The minimum Gasteiger partial charge on any atom is -0.744 e. The molecule has 0 spiro atoms. The molecule has 6 rings (SSSR count). The van der Waals surface area contributed by atoms with Crippen molar-refractivity contribution in [2.45, 2.75) is 9.79 Å². The van der Waals surface area contributed by atoms with Crippen LogP contribution in [0.1, 0.15) is 11.1 Å². The molecular weight excluding hydrogens is 721 g/mol. The average Bonchev–Trinajstić information content (AvgIpc) is 3.14. The lowest BCUT2D eigenvalue weighted by molar-refractivity contribution is 0.122. The average molecular weight is 755 g/mol. The summed E-state index contributed by atoms with van der Waals surface area (Å²) in [6.45, 7) is 4.26. The van der Waals surface area contributed by atoms with Gasteiger partial charge in [0.05, 0.1) is 36.2 Å². The van der Waals surface area contributed by atoms with Gasteiger partial charge in [-0.2, -0.15) is 29.9 Å². The molecule has 2 aliphatic heterocycles. The fraction of sp³-hybridized carbons (Fsp3) is 0.333. The molecule has 0 atom stereocenters. The SMILES string of the molecule is CNc1nc(Nc2ccc(/C=C/c3ccc(Nc4nc(NC)nc(N5CCOCC5)n4)cc3S(=O)(=O)[O-])c(S(=O)(=O)[O-])c2)nc(N2CCOCC2)n1. The third-order valence-corrected chi connectivity index (χ3v) is 9.59. The topological polar surface area (TPSA) is 265 Å². The highest BCUT2D eigenvalue weighted by molar-refractivity contribution is 7.86. The summed E-state index contributed by atoms with van der Waals surface area (Å²) in [7, 11) is -6.81. The largest absolute Gasteiger partial charge is 0.744 e. The van der Waals surface area contributed by atoms with Crippen molar-refractivity contribution in [1.29, 1.82) is 0 Å². The Morgan fingerprint density at radius 2 is 0.962 bits per heavy atom. The van der Waals surface area contributed by atoms with Crippen LogP contribution in [0.2, 0.25) is 0 Å². The lowest BCUT2D eigenvalue weighted by Crippen LogP contribution is -2.37. The number of nitrogens with one attached hydrogen (secondary N) is 4. The minimum absolute atomic E-state index is 0.0574. The Morgan fingerprint density at radius 1 is 0.596 bits per heavy atom. The van der Waals surface area contributed by atoms with Crippen molar-refractivity contribution in [1.82, 2.24) is 29.9 Å². The summed E-state index contributed by atoms with van der Waals surface area (Å²) in [6.07, 6.45) is 2.45. The van der Waals surface area contributed by atoms with Gasteiger partial charge in [0.2, 0.25) is 35.7 Å². The van der Waals surface area contributed by atoms with Gasteiger partial charge in [0.15, 0.2) is 0 Å². The molecule has 0 bridgehead atoms. The van der Waals surface area contributed by atoms with E-state index in [9.17, 15) is 25.9 Å². The molecule has 4 N–H and O–H groups in total. The molecule has 2 aromatic heterocycles. The predicted octanol–water partition coefficient (Wildman–Crippen LogP) is 1.28. The summed E-state index contributed by atoms with van der Waals surface area (Å²) in [5.41, 5.74) is 0.251. The molecule has 2 fully saturated rings. The van der Waals surface area contributed by atoms with Gasteiger partial charge in [-0.3, -0.25) is 0 Å². The van der Waals surface area contributed by atoms with Crippen LogP contribution in [0.5, 0.6) is 0 Å². The van der Waals surface area contributed by atoms with Crippen LogP contribution < -0.4 is 31.1 Å². The van der Waals surface area contributed by atoms with E-state index < -0.39 is 30.0 Å². The van der Waals surface area contributed by atoms with E-state index in [1.807, 2.05) is 9.80 Å². The number of benzene rings is 2. The highest BCUT2D eigenvalue weighted by atomic mass is 32.2. The van der Waals surface area contributed by atoms with E-state index in [0.29, 0.717) is 64.5 Å². The van der Waals surface area contributed by atoms with Crippen LogP contribution in [-0.4, -0.2) is 123 Å². The lowest BCUT2D eigenvalue weighted by Gasteiger charge is -2.27. The number of aromatic nitrogens is 6. The third kappa shape index (κ3) is 8.96. The van der Waals surface area contributed by atoms with Gasteiger partial charge in [-0.05, 0) is 35.4 Å². The number of rotatable bonds is 12. The van der Waals surface area contributed by atoms with E-state index in [0.717, 1.165) is 12.1 Å². The summed E-state index contributed by atoms with van der Waals surface area (Å²) in [4.78, 5) is 28.8. The van der Waals surface area contributed by atoms with Gasteiger partial charge >= 0.3 is 0 Å². The molecule has 0 radical (unpaired) electrons. The molecular formula is C30H34N12O8S2-2. The highest BCUT2D eigenvalue weighted by Crippen LogP contribution is 2.28. The first-order chi connectivity index (χ1) is 24.9. The van der Waals surface area contributed by atoms with Gasteiger partial charge in [-0.1, -0.05) is 24.3 Å². The van der Waals surface area contributed by atoms with E-state index in [2.05, 4.69) is 51.2 Å². The van der Waals surface area contributed by atoms with Crippen molar-refractivity contribution in [3.63, 3.8) is 0 Å². The van der Waals surface area contributed by atoms with Crippen molar-refractivity contribution in [2.24, 2.45) is 0 Å². The molecule has 2 aliphatic rings. The summed E-state index contributed by atoms with van der Waals surface area (Å²) in [6, 6.07) is 7.89. The minimum atomic E-state index is -5.04. The second-order valence-corrected chi connectivity index (χ2v) is 14.0.